The highest BCUT2D eigenvalue weighted by molar-refractivity contribution is 7.82. The molecule has 2 aromatic carbocycles. The van der Waals surface area contributed by atoms with Crippen LogP contribution in [0.25, 0.3) is 0 Å². The summed E-state index contributed by atoms with van der Waals surface area (Å²) in [6.07, 6.45) is -0.793. The highest BCUT2D eigenvalue weighted by Crippen LogP contribution is 2.36. The van der Waals surface area contributed by atoms with Crippen molar-refractivity contribution in [3.8, 4) is 5.75 Å². The molecule has 1 aliphatic heterocycles. The van der Waals surface area contributed by atoms with Gasteiger partial charge in [-0.25, -0.2) is 19.2 Å². The van der Waals surface area contributed by atoms with Crippen LogP contribution in [0.1, 0.15) is 29.7 Å². The van der Waals surface area contributed by atoms with Crippen molar-refractivity contribution in [1.82, 2.24) is 9.31 Å². The summed E-state index contributed by atoms with van der Waals surface area (Å²) in [5.74, 6) is -0.389. The predicted octanol–water partition coefficient (Wildman–Crippen LogP) is 2.69. The average Bonchev–Trinajstić information content (AvgIpc) is 2.99. The van der Waals surface area contributed by atoms with Crippen molar-refractivity contribution in [2.75, 3.05) is 26.3 Å². The largest absolute Gasteiger partial charge is 0.491 e. The van der Waals surface area contributed by atoms with E-state index < -0.39 is 35.6 Å². The van der Waals surface area contributed by atoms with E-state index in [-0.39, 0.29) is 17.8 Å². The highest BCUT2D eigenvalue weighted by atomic mass is 32.2. The molecule has 1 aliphatic rings. The van der Waals surface area contributed by atoms with E-state index in [0.29, 0.717) is 35.9 Å². The van der Waals surface area contributed by atoms with Gasteiger partial charge in [-0.1, -0.05) is 30.3 Å². The lowest BCUT2D eigenvalue weighted by Gasteiger charge is -2.26. The third kappa shape index (κ3) is 6.38. The quantitative estimate of drug-likeness (QED) is 0.319. The Morgan fingerprint density at radius 3 is 2.78 bits per heavy atom. The monoisotopic (exact) mass is 524 g/mol. The number of carboxylic acids is 1. The van der Waals surface area contributed by atoms with Crippen LogP contribution in [0.5, 0.6) is 5.75 Å². The number of benzene rings is 2. The van der Waals surface area contributed by atoms with Gasteiger partial charge in [-0.2, -0.15) is 8.78 Å². The number of aliphatic carboxylic acids is 1. The molecule has 0 bridgehead atoms. The molecule has 0 spiro atoms. The van der Waals surface area contributed by atoms with E-state index in [1.165, 1.54) is 23.3 Å². The van der Waals surface area contributed by atoms with Gasteiger partial charge in [0.25, 0.3) is 0 Å². The number of nitrogens with two attached hydrogens (primary N) is 2. The number of fused-ring (bicyclic) bond motifs is 1. The van der Waals surface area contributed by atoms with Crippen molar-refractivity contribution >= 4 is 17.0 Å². The molecule has 2 aromatic rings. The van der Waals surface area contributed by atoms with Crippen LogP contribution < -0.4 is 16.3 Å². The third-order valence-electron chi connectivity index (χ3n) is 5.62. The SMILES string of the molecule is CCN(N)/C=C(\N)COC(c1ccc(C)c(CN2CCOc3ccccc3S2=O)c1)C(F)(F)C(=O)O. The summed E-state index contributed by atoms with van der Waals surface area (Å²) in [4.78, 5) is 11.9. The summed E-state index contributed by atoms with van der Waals surface area (Å²) in [7, 11) is -1.54. The summed E-state index contributed by atoms with van der Waals surface area (Å²) >= 11 is 0. The summed E-state index contributed by atoms with van der Waals surface area (Å²) in [6, 6.07) is 11.4. The minimum Gasteiger partial charge on any atom is -0.491 e. The standard InChI is InChI=1S/C24H30F2N4O5S/c1-3-29(28)14-19(27)15-35-22(24(25,26)23(31)32)17-9-8-16(2)18(12-17)13-30-10-11-34-20-6-4-5-7-21(20)36(30)33/h4-9,12,14,22H,3,10-11,13,15,27-28H2,1-2H3,(H,31,32)/b19-14-. The second kappa shape index (κ2) is 11.8. The summed E-state index contributed by atoms with van der Waals surface area (Å²) < 4.78 is 55.4. The maximum absolute atomic E-state index is 14.8. The number of carboxylic acid groups (broad SMARTS) is 1. The minimum atomic E-state index is -4.24. The second-order valence-corrected chi connectivity index (χ2v) is 9.70. The van der Waals surface area contributed by atoms with Gasteiger partial charge < -0.3 is 25.3 Å². The molecule has 12 heteroatoms. The molecular weight excluding hydrogens is 494 g/mol. The van der Waals surface area contributed by atoms with Crippen molar-refractivity contribution < 1.29 is 32.4 Å². The Labute approximate surface area is 210 Å². The average molecular weight is 525 g/mol. The number of carbonyl (C=O) groups is 1. The highest BCUT2D eigenvalue weighted by Gasteiger charge is 2.49. The summed E-state index contributed by atoms with van der Waals surface area (Å²) in [5, 5.41) is 10.4. The van der Waals surface area contributed by atoms with Crippen molar-refractivity contribution in [1.29, 1.82) is 0 Å². The molecule has 0 amide bonds. The number of nitrogens with zero attached hydrogens (tertiary/aromatic N) is 2. The van der Waals surface area contributed by atoms with Gasteiger partial charge in [0.2, 0.25) is 0 Å². The zero-order valence-corrected chi connectivity index (χ0v) is 20.8. The predicted molar refractivity (Wildman–Crippen MR) is 130 cm³/mol. The number of alkyl halides is 2. The first-order chi connectivity index (χ1) is 17.0. The van der Waals surface area contributed by atoms with Gasteiger partial charge in [0.15, 0.2) is 6.10 Å². The molecule has 5 N–H and O–H groups in total. The molecule has 196 valence electrons. The molecule has 0 radical (unpaired) electrons. The van der Waals surface area contributed by atoms with Crippen LogP contribution in [-0.4, -0.2) is 56.8 Å². The van der Waals surface area contributed by atoms with Gasteiger partial charge in [0, 0.05) is 25.8 Å². The normalized spacial score (nSPS) is 17.6. The van der Waals surface area contributed by atoms with Crippen molar-refractivity contribution in [2.45, 2.75) is 37.3 Å². The van der Waals surface area contributed by atoms with Gasteiger partial charge in [0.05, 0.1) is 17.2 Å². The van der Waals surface area contributed by atoms with Gasteiger partial charge in [-0.05, 0) is 42.7 Å². The summed E-state index contributed by atoms with van der Waals surface area (Å²) in [5.41, 5.74) is 7.17. The van der Waals surface area contributed by atoms with Crippen LogP contribution >= 0.6 is 0 Å². The first-order valence-corrected chi connectivity index (χ1v) is 12.3. The fourth-order valence-corrected chi connectivity index (χ4v) is 4.86. The number of ether oxygens (including phenoxy) is 2. The Bertz CT molecular complexity index is 1150. The van der Waals surface area contributed by atoms with Crippen LogP contribution in [0, 0.1) is 6.92 Å². The van der Waals surface area contributed by atoms with Gasteiger partial charge in [-0.3, -0.25) is 0 Å². The van der Waals surface area contributed by atoms with E-state index in [1.807, 2.05) is 0 Å². The Hall–Kier alpha value is -3.06. The van der Waals surface area contributed by atoms with E-state index in [4.69, 9.17) is 21.1 Å². The van der Waals surface area contributed by atoms with E-state index in [0.717, 1.165) is 5.56 Å². The van der Waals surface area contributed by atoms with Crippen molar-refractivity contribution in [2.24, 2.45) is 11.6 Å². The molecule has 2 unspecified atom stereocenters. The van der Waals surface area contributed by atoms with Crippen LogP contribution in [0.4, 0.5) is 8.78 Å². The first-order valence-electron chi connectivity index (χ1n) is 11.2. The smallest absolute Gasteiger partial charge is 0.377 e. The van der Waals surface area contributed by atoms with Gasteiger partial charge in [0.1, 0.15) is 23.3 Å². The molecule has 0 fully saturated rings. The number of hydrogen-bond donors (Lipinski definition) is 3. The molecule has 0 aliphatic carbocycles. The topological polar surface area (TPSA) is 131 Å². The van der Waals surface area contributed by atoms with E-state index in [9.17, 15) is 22.9 Å². The number of para-hydroxylation sites is 1. The molecule has 2 atom stereocenters. The molecule has 36 heavy (non-hydrogen) atoms. The minimum absolute atomic E-state index is 0.0480. The zero-order chi connectivity index (χ0) is 26.5. The van der Waals surface area contributed by atoms with Crippen LogP contribution in [-0.2, 0) is 27.1 Å². The lowest BCUT2D eigenvalue weighted by atomic mass is 9.98. The molecule has 0 saturated heterocycles. The van der Waals surface area contributed by atoms with Crippen LogP contribution in [0.2, 0.25) is 0 Å². The third-order valence-corrected chi connectivity index (χ3v) is 7.11. The van der Waals surface area contributed by atoms with Gasteiger partial charge >= 0.3 is 11.9 Å². The molecule has 0 saturated carbocycles. The molecule has 1 heterocycles. The maximum Gasteiger partial charge on any atom is 0.377 e. The molecular formula is C24H30F2N4O5S. The van der Waals surface area contributed by atoms with E-state index >= 15 is 0 Å². The van der Waals surface area contributed by atoms with Crippen LogP contribution in [0.3, 0.4) is 0 Å². The number of hydrazine groups is 1. The Morgan fingerprint density at radius 2 is 2.08 bits per heavy atom. The van der Waals surface area contributed by atoms with Crippen molar-refractivity contribution in [3.63, 3.8) is 0 Å². The lowest BCUT2D eigenvalue weighted by Crippen LogP contribution is -2.38. The Morgan fingerprint density at radius 1 is 1.36 bits per heavy atom. The summed E-state index contributed by atoms with van der Waals surface area (Å²) in [6.45, 7) is 4.31. The number of rotatable bonds is 10. The molecule has 3 rings (SSSR count). The lowest BCUT2D eigenvalue weighted by molar-refractivity contribution is -0.189. The van der Waals surface area contributed by atoms with Gasteiger partial charge in [-0.15, -0.1) is 0 Å². The fraction of sp³-hybridized carbons (Fsp3) is 0.375. The molecule has 0 aromatic heterocycles. The van der Waals surface area contributed by atoms with Crippen LogP contribution in [0.15, 0.2) is 59.3 Å². The molecule has 9 nitrogen and oxygen atoms in total. The maximum atomic E-state index is 14.8. The number of halogens is 2. The fourth-order valence-electron chi connectivity index (χ4n) is 3.59. The number of hydrogen-bond acceptors (Lipinski definition) is 7. The zero-order valence-electron chi connectivity index (χ0n) is 20.0. The first kappa shape index (κ1) is 27.5. The Kier molecular flexibility index (Phi) is 9.01. The van der Waals surface area contributed by atoms with E-state index in [2.05, 4.69) is 0 Å². The second-order valence-electron chi connectivity index (χ2n) is 8.25. The van der Waals surface area contributed by atoms with Crippen molar-refractivity contribution in [3.05, 3.63) is 71.1 Å². The number of aryl methyl sites for hydroxylation is 1. The Balaban J connectivity index is 1.90. The van der Waals surface area contributed by atoms with E-state index in [1.54, 1.807) is 48.5 Å².